The first-order valence-corrected chi connectivity index (χ1v) is 9.07. The van der Waals surface area contributed by atoms with E-state index in [2.05, 4.69) is 5.32 Å². The Morgan fingerprint density at radius 2 is 1.57 bits per heavy atom. The highest BCUT2D eigenvalue weighted by atomic mass is 35.5. The van der Waals surface area contributed by atoms with Crippen molar-refractivity contribution >= 4 is 29.2 Å². The van der Waals surface area contributed by atoms with Crippen LogP contribution in [0.25, 0.3) is 0 Å². The Bertz CT molecular complexity index is 1000. The number of carbonyl (C=O) groups is 2. The lowest BCUT2D eigenvalue weighted by molar-refractivity contribution is -0.148. The highest BCUT2D eigenvalue weighted by Crippen LogP contribution is 2.44. The lowest BCUT2D eigenvalue weighted by Crippen LogP contribution is -2.26. The number of hydrogen-bond donors (Lipinski definition) is 1. The Labute approximate surface area is 166 Å². The second kappa shape index (κ2) is 7.74. The van der Waals surface area contributed by atoms with Gasteiger partial charge in [0, 0.05) is 21.8 Å². The summed E-state index contributed by atoms with van der Waals surface area (Å²) in [6.45, 7) is -0.396. The zero-order chi connectivity index (χ0) is 19.5. The molecule has 6 heteroatoms. The number of carbonyl (C=O) groups excluding carboxylic acids is 2. The average molecular weight is 394 g/mol. The molecule has 3 aromatic carbocycles. The maximum Gasteiger partial charge on any atom is 0.318 e. The van der Waals surface area contributed by atoms with Gasteiger partial charge in [-0.1, -0.05) is 54.1 Å². The summed E-state index contributed by atoms with van der Waals surface area (Å²) in [7, 11) is 0. The minimum Gasteiger partial charge on any atom is -0.457 e. The fourth-order valence-electron chi connectivity index (χ4n) is 3.15. The zero-order valence-corrected chi connectivity index (χ0v) is 15.5. The smallest absolute Gasteiger partial charge is 0.318 e. The highest BCUT2D eigenvalue weighted by molar-refractivity contribution is 6.30. The van der Waals surface area contributed by atoms with Crippen molar-refractivity contribution in [2.45, 2.75) is 5.92 Å². The number of fused-ring (bicyclic) bond motifs is 2. The zero-order valence-electron chi connectivity index (χ0n) is 14.7. The molecule has 0 radical (unpaired) electrons. The van der Waals surface area contributed by atoms with Crippen LogP contribution < -0.4 is 10.1 Å². The summed E-state index contributed by atoms with van der Waals surface area (Å²) in [6, 6.07) is 21.4. The van der Waals surface area contributed by atoms with Gasteiger partial charge in [0.25, 0.3) is 5.91 Å². The third kappa shape index (κ3) is 3.70. The third-order valence-corrected chi connectivity index (χ3v) is 4.60. The van der Waals surface area contributed by atoms with Gasteiger partial charge in [0.05, 0.1) is 0 Å². The topological polar surface area (TPSA) is 64.6 Å². The number of anilines is 1. The summed E-state index contributed by atoms with van der Waals surface area (Å²) < 4.78 is 11.2. The number of halogens is 1. The average Bonchev–Trinajstić information content (AvgIpc) is 2.70. The van der Waals surface area contributed by atoms with E-state index < -0.39 is 24.4 Å². The molecule has 1 heterocycles. The van der Waals surface area contributed by atoms with Crippen LogP contribution in [-0.2, 0) is 14.3 Å². The van der Waals surface area contributed by atoms with E-state index in [-0.39, 0.29) is 0 Å². The van der Waals surface area contributed by atoms with Gasteiger partial charge in [-0.25, -0.2) is 0 Å². The molecular formula is C22H16ClNO4. The van der Waals surface area contributed by atoms with Crippen LogP contribution in [0.15, 0.2) is 72.8 Å². The molecule has 5 nitrogen and oxygen atoms in total. The van der Waals surface area contributed by atoms with Gasteiger partial charge in [0.15, 0.2) is 6.61 Å². The first-order valence-electron chi connectivity index (χ1n) is 8.69. The maximum atomic E-state index is 12.9. The van der Waals surface area contributed by atoms with Crippen LogP contribution in [0.2, 0.25) is 5.02 Å². The van der Waals surface area contributed by atoms with Crippen LogP contribution in [0, 0.1) is 0 Å². The van der Waals surface area contributed by atoms with Crippen LogP contribution in [0.4, 0.5) is 5.69 Å². The molecule has 0 unspecified atom stereocenters. The van der Waals surface area contributed by atoms with Gasteiger partial charge >= 0.3 is 5.97 Å². The Hall–Kier alpha value is -3.31. The van der Waals surface area contributed by atoms with E-state index in [0.717, 1.165) is 0 Å². The van der Waals surface area contributed by atoms with Gasteiger partial charge < -0.3 is 14.8 Å². The van der Waals surface area contributed by atoms with Crippen molar-refractivity contribution < 1.29 is 19.1 Å². The molecule has 0 fully saturated rings. The SMILES string of the molecule is O=C(COC(=O)C1c2ccccc2Oc2ccccc21)Nc1cccc(Cl)c1. The molecule has 0 bridgehead atoms. The number of amides is 1. The van der Waals surface area contributed by atoms with Crippen molar-refractivity contribution in [3.63, 3.8) is 0 Å². The molecule has 3 aromatic rings. The van der Waals surface area contributed by atoms with Crippen molar-refractivity contribution in [1.82, 2.24) is 0 Å². The third-order valence-electron chi connectivity index (χ3n) is 4.37. The van der Waals surface area contributed by atoms with E-state index in [1.807, 2.05) is 36.4 Å². The van der Waals surface area contributed by atoms with Crippen LogP contribution in [0.5, 0.6) is 11.5 Å². The number of ether oxygens (including phenoxy) is 2. The van der Waals surface area contributed by atoms with Crippen LogP contribution in [-0.4, -0.2) is 18.5 Å². The lowest BCUT2D eigenvalue weighted by Gasteiger charge is -2.26. The van der Waals surface area contributed by atoms with E-state index in [1.54, 1.807) is 36.4 Å². The minimum atomic E-state index is -0.653. The standard InChI is InChI=1S/C22H16ClNO4/c23-14-6-5-7-15(12-14)24-20(25)13-27-22(26)21-16-8-1-3-10-18(16)28-19-11-4-2-9-17(19)21/h1-12,21H,13H2,(H,24,25). The van der Waals surface area contributed by atoms with Gasteiger partial charge in [-0.15, -0.1) is 0 Å². The first-order chi connectivity index (χ1) is 13.6. The van der Waals surface area contributed by atoms with Crippen molar-refractivity contribution in [3.05, 3.63) is 88.9 Å². The highest BCUT2D eigenvalue weighted by Gasteiger charge is 2.33. The summed E-state index contributed by atoms with van der Waals surface area (Å²) in [4.78, 5) is 25.0. The molecule has 28 heavy (non-hydrogen) atoms. The van der Waals surface area contributed by atoms with Crippen molar-refractivity contribution in [1.29, 1.82) is 0 Å². The predicted molar refractivity (Wildman–Crippen MR) is 106 cm³/mol. The number of rotatable bonds is 4. The normalized spacial score (nSPS) is 12.3. The van der Waals surface area contributed by atoms with Gasteiger partial charge in [0.1, 0.15) is 17.4 Å². The van der Waals surface area contributed by atoms with Crippen molar-refractivity contribution in [2.75, 3.05) is 11.9 Å². The molecule has 0 atom stereocenters. The molecule has 0 saturated carbocycles. The van der Waals surface area contributed by atoms with Crippen molar-refractivity contribution in [3.8, 4) is 11.5 Å². The predicted octanol–water partition coefficient (Wildman–Crippen LogP) is 4.76. The quantitative estimate of drug-likeness (QED) is 0.649. The fourth-order valence-corrected chi connectivity index (χ4v) is 3.34. The molecule has 0 saturated heterocycles. The number of benzene rings is 3. The first kappa shape index (κ1) is 18.1. The monoisotopic (exact) mass is 393 g/mol. The van der Waals surface area contributed by atoms with Crippen molar-refractivity contribution in [2.24, 2.45) is 0 Å². The van der Waals surface area contributed by atoms with Gasteiger partial charge in [-0.2, -0.15) is 0 Å². The molecular weight excluding hydrogens is 378 g/mol. The molecule has 4 rings (SSSR count). The van der Waals surface area contributed by atoms with Gasteiger partial charge in [-0.05, 0) is 30.3 Å². The Morgan fingerprint density at radius 3 is 2.21 bits per heavy atom. The Morgan fingerprint density at radius 1 is 0.929 bits per heavy atom. The molecule has 1 amide bonds. The summed E-state index contributed by atoms with van der Waals surface area (Å²) >= 11 is 5.90. The summed E-state index contributed by atoms with van der Waals surface area (Å²) in [5.41, 5.74) is 1.96. The Kier molecular flexibility index (Phi) is 5.00. The molecule has 0 spiro atoms. The molecule has 0 aliphatic carbocycles. The largest absolute Gasteiger partial charge is 0.457 e. The minimum absolute atomic E-state index is 0.396. The number of para-hydroxylation sites is 2. The summed E-state index contributed by atoms with van der Waals surface area (Å²) in [6.07, 6.45) is 0. The van der Waals surface area contributed by atoms with E-state index in [0.29, 0.717) is 33.3 Å². The fraction of sp³-hybridized carbons (Fsp3) is 0.0909. The van der Waals surface area contributed by atoms with Gasteiger partial charge in [0.2, 0.25) is 0 Å². The number of nitrogens with one attached hydrogen (secondary N) is 1. The molecule has 1 aliphatic rings. The Balaban J connectivity index is 1.50. The van der Waals surface area contributed by atoms with E-state index in [4.69, 9.17) is 21.1 Å². The van der Waals surface area contributed by atoms with E-state index >= 15 is 0 Å². The van der Waals surface area contributed by atoms with Gasteiger partial charge in [-0.3, -0.25) is 9.59 Å². The molecule has 1 aliphatic heterocycles. The number of hydrogen-bond acceptors (Lipinski definition) is 4. The van der Waals surface area contributed by atoms with E-state index in [9.17, 15) is 9.59 Å². The maximum absolute atomic E-state index is 12.9. The second-order valence-electron chi connectivity index (χ2n) is 6.28. The summed E-state index contributed by atoms with van der Waals surface area (Å²) in [5.74, 6) is -0.396. The summed E-state index contributed by atoms with van der Waals surface area (Å²) in [5, 5.41) is 3.16. The van der Waals surface area contributed by atoms with E-state index in [1.165, 1.54) is 0 Å². The molecule has 140 valence electrons. The van der Waals surface area contributed by atoms with Crippen LogP contribution in [0.3, 0.4) is 0 Å². The second-order valence-corrected chi connectivity index (χ2v) is 6.71. The van der Waals surface area contributed by atoms with Crippen LogP contribution in [0.1, 0.15) is 17.0 Å². The molecule has 1 N–H and O–H groups in total. The molecule has 0 aromatic heterocycles. The number of esters is 1. The van der Waals surface area contributed by atoms with Crippen LogP contribution >= 0.6 is 11.6 Å². The lowest BCUT2D eigenvalue weighted by atomic mass is 9.88.